The number of ether oxygens (including phenoxy) is 1. The van der Waals surface area contributed by atoms with Crippen molar-refractivity contribution in [3.63, 3.8) is 0 Å². The average Bonchev–Trinajstić information content (AvgIpc) is 2.91. The summed E-state index contributed by atoms with van der Waals surface area (Å²) in [6.45, 7) is 6.06. The Morgan fingerprint density at radius 2 is 2.30 bits per heavy atom. The van der Waals surface area contributed by atoms with Gasteiger partial charge in [-0.05, 0) is 31.2 Å². The Hall–Kier alpha value is -1.62. The van der Waals surface area contributed by atoms with Crippen LogP contribution in [0.4, 0.5) is 0 Å². The number of hydrogen-bond acceptors (Lipinski definition) is 4. The van der Waals surface area contributed by atoms with Crippen LogP contribution in [-0.4, -0.2) is 36.5 Å². The van der Waals surface area contributed by atoms with E-state index in [-0.39, 0.29) is 18.4 Å². The highest BCUT2D eigenvalue weighted by Crippen LogP contribution is 2.12. The molecule has 0 fully saturated rings. The minimum Gasteiger partial charge on any atom is -0.465 e. The molecular formula is C15H21NO3S. The minimum absolute atomic E-state index is 0.00229. The van der Waals surface area contributed by atoms with E-state index in [4.69, 9.17) is 4.74 Å². The van der Waals surface area contributed by atoms with Gasteiger partial charge in [0, 0.05) is 17.8 Å². The van der Waals surface area contributed by atoms with Gasteiger partial charge in [0.15, 0.2) is 0 Å². The summed E-state index contributed by atoms with van der Waals surface area (Å²) >= 11 is 1.70. The van der Waals surface area contributed by atoms with Crippen molar-refractivity contribution in [2.75, 3.05) is 19.7 Å². The first-order chi connectivity index (χ1) is 9.67. The highest BCUT2D eigenvalue weighted by Gasteiger charge is 2.16. The van der Waals surface area contributed by atoms with Crippen LogP contribution in [0.1, 0.15) is 24.6 Å². The summed E-state index contributed by atoms with van der Waals surface area (Å²) in [6, 6.07) is 4.07. The van der Waals surface area contributed by atoms with Crippen LogP contribution in [0.3, 0.4) is 0 Å². The fourth-order valence-electron chi connectivity index (χ4n) is 1.80. The maximum absolute atomic E-state index is 12.1. The summed E-state index contributed by atoms with van der Waals surface area (Å²) in [5.74, 6) is -0.407. The van der Waals surface area contributed by atoms with E-state index in [0.717, 1.165) is 12.8 Å². The van der Waals surface area contributed by atoms with E-state index in [2.05, 4.69) is 12.6 Å². The highest BCUT2D eigenvalue weighted by atomic mass is 32.1. The van der Waals surface area contributed by atoms with Gasteiger partial charge in [0.1, 0.15) is 6.54 Å². The van der Waals surface area contributed by atoms with Crippen LogP contribution in [0.2, 0.25) is 0 Å². The maximum Gasteiger partial charge on any atom is 0.325 e. The molecule has 1 rings (SSSR count). The summed E-state index contributed by atoms with van der Waals surface area (Å²) in [5.41, 5.74) is 0. The molecule has 0 spiro atoms. The lowest BCUT2D eigenvalue weighted by Crippen LogP contribution is -2.36. The van der Waals surface area contributed by atoms with Gasteiger partial charge < -0.3 is 9.64 Å². The maximum atomic E-state index is 12.1. The van der Waals surface area contributed by atoms with E-state index in [1.54, 1.807) is 24.3 Å². The number of aryl methyl sites for hydroxylation is 1. The van der Waals surface area contributed by atoms with E-state index in [9.17, 15) is 9.59 Å². The smallest absolute Gasteiger partial charge is 0.325 e. The average molecular weight is 295 g/mol. The molecule has 1 heterocycles. The molecular weight excluding hydrogens is 274 g/mol. The quantitative estimate of drug-likeness (QED) is 0.520. The number of carbonyl (C=O) groups is 2. The monoisotopic (exact) mass is 295 g/mol. The fraction of sp³-hybridized carbons (Fsp3) is 0.467. The number of hydrogen-bond donors (Lipinski definition) is 0. The lowest BCUT2D eigenvalue weighted by Gasteiger charge is -2.19. The van der Waals surface area contributed by atoms with E-state index in [1.807, 2.05) is 11.4 Å². The Kier molecular flexibility index (Phi) is 7.65. The van der Waals surface area contributed by atoms with Crippen LogP contribution >= 0.6 is 11.3 Å². The van der Waals surface area contributed by atoms with Crippen molar-refractivity contribution in [3.8, 4) is 0 Å². The van der Waals surface area contributed by atoms with Gasteiger partial charge >= 0.3 is 5.97 Å². The molecule has 0 aliphatic rings. The first-order valence-electron chi connectivity index (χ1n) is 6.74. The third-order valence-electron chi connectivity index (χ3n) is 2.72. The van der Waals surface area contributed by atoms with Gasteiger partial charge in [0.2, 0.25) is 5.91 Å². The zero-order valence-corrected chi connectivity index (χ0v) is 12.7. The molecule has 0 N–H and O–H groups in total. The molecule has 0 saturated carbocycles. The van der Waals surface area contributed by atoms with E-state index in [0.29, 0.717) is 19.6 Å². The molecule has 1 amide bonds. The molecule has 110 valence electrons. The number of nitrogens with zero attached hydrogens (tertiary/aromatic N) is 1. The van der Waals surface area contributed by atoms with Crippen LogP contribution in [0.15, 0.2) is 30.2 Å². The van der Waals surface area contributed by atoms with Gasteiger partial charge in [-0.25, -0.2) is 0 Å². The van der Waals surface area contributed by atoms with Crippen molar-refractivity contribution in [3.05, 3.63) is 35.0 Å². The third-order valence-corrected chi connectivity index (χ3v) is 3.66. The van der Waals surface area contributed by atoms with Gasteiger partial charge in [-0.1, -0.05) is 12.1 Å². The Morgan fingerprint density at radius 3 is 2.90 bits per heavy atom. The molecule has 0 atom stereocenters. The molecule has 5 heteroatoms. The van der Waals surface area contributed by atoms with Crippen molar-refractivity contribution in [1.29, 1.82) is 0 Å². The van der Waals surface area contributed by atoms with Crippen LogP contribution in [-0.2, 0) is 20.7 Å². The van der Waals surface area contributed by atoms with Gasteiger partial charge in [0.05, 0.1) is 6.61 Å². The molecule has 0 bridgehead atoms. The van der Waals surface area contributed by atoms with Crippen LogP contribution in [0.25, 0.3) is 0 Å². The van der Waals surface area contributed by atoms with Crippen LogP contribution in [0.5, 0.6) is 0 Å². The lowest BCUT2D eigenvalue weighted by atomic mass is 10.2. The van der Waals surface area contributed by atoms with Crippen LogP contribution in [0, 0.1) is 0 Å². The molecule has 0 aromatic carbocycles. The van der Waals surface area contributed by atoms with Crippen molar-refractivity contribution in [2.45, 2.75) is 26.2 Å². The predicted octanol–water partition coefficient (Wildman–Crippen LogP) is 2.65. The third kappa shape index (κ3) is 6.02. The Bertz CT molecular complexity index is 428. The molecule has 0 saturated heterocycles. The van der Waals surface area contributed by atoms with Gasteiger partial charge in [0.25, 0.3) is 0 Å². The topological polar surface area (TPSA) is 46.6 Å². The fourth-order valence-corrected chi connectivity index (χ4v) is 2.55. The first kappa shape index (κ1) is 16.4. The van der Waals surface area contributed by atoms with Gasteiger partial charge in [-0.2, -0.15) is 0 Å². The van der Waals surface area contributed by atoms with Gasteiger partial charge in [-0.3, -0.25) is 9.59 Å². The molecule has 20 heavy (non-hydrogen) atoms. The Labute approximate surface area is 124 Å². The summed E-state index contributed by atoms with van der Waals surface area (Å²) in [5, 5.41) is 2.03. The number of amides is 1. The molecule has 0 aliphatic carbocycles. The number of esters is 1. The number of carbonyl (C=O) groups excluding carboxylic acids is 2. The number of thiophene rings is 1. The SMILES string of the molecule is C=CCN(CC(=O)OCC)C(=O)CCCc1cccs1. The van der Waals surface area contributed by atoms with E-state index in [1.165, 1.54) is 9.78 Å². The Morgan fingerprint density at radius 1 is 1.50 bits per heavy atom. The summed E-state index contributed by atoms with van der Waals surface area (Å²) in [6.07, 6.45) is 3.74. The number of rotatable bonds is 9. The molecule has 0 radical (unpaired) electrons. The normalized spacial score (nSPS) is 10.1. The van der Waals surface area contributed by atoms with Crippen LogP contribution < -0.4 is 0 Å². The molecule has 0 unspecified atom stereocenters. The Balaban J connectivity index is 2.38. The second-order valence-corrected chi connectivity index (χ2v) is 5.33. The van der Waals surface area contributed by atoms with E-state index >= 15 is 0 Å². The first-order valence-corrected chi connectivity index (χ1v) is 7.62. The van der Waals surface area contributed by atoms with Crippen molar-refractivity contribution >= 4 is 23.2 Å². The van der Waals surface area contributed by atoms with Crippen molar-refractivity contribution in [1.82, 2.24) is 4.90 Å². The molecule has 1 aromatic heterocycles. The second-order valence-electron chi connectivity index (χ2n) is 4.30. The highest BCUT2D eigenvalue weighted by molar-refractivity contribution is 7.09. The summed E-state index contributed by atoms with van der Waals surface area (Å²) in [4.78, 5) is 26.3. The zero-order chi connectivity index (χ0) is 14.8. The predicted molar refractivity (Wildman–Crippen MR) is 80.7 cm³/mol. The summed E-state index contributed by atoms with van der Waals surface area (Å²) < 4.78 is 4.87. The molecule has 4 nitrogen and oxygen atoms in total. The molecule has 0 aliphatic heterocycles. The summed E-state index contributed by atoms with van der Waals surface area (Å²) in [7, 11) is 0. The second kappa shape index (κ2) is 9.31. The van der Waals surface area contributed by atoms with Crippen molar-refractivity contribution in [2.24, 2.45) is 0 Å². The molecule has 1 aromatic rings. The standard InChI is InChI=1S/C15H21NO3S/c1-3-10-16(12-15(18)19-4-2)14(17)9-5-7-13-8-6-11-20-13/h3,6,8,11H,1,4-5,7,9-10,12H2,2H3. The van der Waals surface area contributed by atoms with E-state index < -0.39 is 0 Å². The minimum atomic E-state index is -0.374. The van der Waals surface area contributed by atoms with Gasteiger partial charge in [-0.15, -0.1) is 17.9 Å². The zero-order valence-electron chi connectivity index (χ0n) is 11.8. The van der Waals surface area contributed by atoms with Crippen molar-refractivity contribution < 1.29 is 14.3 Å². The largest absolute Gasteiger partial charge is 0.465 e. The lowest BCUT2D eigenvalue weighted by molar-refractivity contribution is -0.148.